The standard InChI is InChI=1S/C53H31N3O2/c1-2-13-32(14-3-1)33-15-8-16-34(31-33)51-54-52(56-53(55-51)42-25-11-22-40-38(42)29-30-48-50(40)44-18-5-7-27-46(44)58-48)41-24-10-19-35-36(20-9-21-37(35)41)39-23-12-28-47-49(39)43-17-4-6-26-45(43)57-47/h1-31H. The lowest BCUT2D eigenvalue weighted by Crippen LogP contribution is -2.01. The summed E-state index contributed by atoms with van der Waals surface area (Å²) in [6.45, 7) is 0. The van der Waals surface area contributed by atoms with E-state index in [0.29, 0.717) is 17.5 Å². The van der Waals surface area contributed by atoms with Gasteiger partial charge in [-0.05, 0) is 80.2 Å². The molecule has 0 aliphatic carbocycles. The fourth-order valence-electron chi connectivity index (χ4n) is 8.73. The number of fused-ring (bicyclic) bond motifs is 9. The minimum Gasteiger partial charge on any atom is -0.456 e. The summed E-state index contributed by atoms with van der Waals surface area (Å²) in [5.74, 6) is 1.81. The third-order valence-corrected chi connectivity index (χ3v) is 11.4. The highest BCUT2D eigenvalue weighted by atomic mass is 16.3. The Morgan fingerprint density at radius 1 is 0.259 bits per heavy atom. The van der Waals surface area contributed by atoms with Crippen molar-refractivity contribution in [1.29, 1.82) is 0 Å². The highest BCUT2D eigenvalue weighted by Gasteiger charge is 2.20. The second-order valence-corrected chi connectivity index (χ2v) is 14.7. The van der Waals surface area contributed by atoms with Crippen molar-refractivity contribution in [2.45, 2.75) is 0 Å². The lowest BCUT2D eigenvalue weighted by molar-refractivity contribution is 0.668. The van der Waals surface area contributed by atoms with Crippen LogP contribution in [0.3, 0.4) is 0 Å². The molecule has 0 radical (unpaired) electrons. The van der Waals surface area contributed by atoms with E-state index in [2.05, 4.69) is 152 Å². The molecule has 0 spiro atoms. The molecule has 0 saturated carbocycles. The maximum Gasteiger partial charge on any atom is 0.164 e. The molecule has 0 atom stereocenters. The lowest BCUT2D eigenvalue weighted by atomic mass is 9.93. The normalized spacial score (nSPS) is 11.8. The van der Waals surface area contributed by atoms with Gasteiger partial charge in [-0.2, -0.15) is 0 Å². The second kappa shape index (κ2) is 12.8. The van der Waals surface area contributed by atoms with Gasteiger partial charge >= 0.3 is 0 Å². The van der Waals surface area contributed by atoms with Gasteiger partial charge in [0.25, 0.3) is 0 Å². The summed E-state index contributed by atoms with van der Waals surface area (Å²) in [6.07, 6.45) is 0. The molecule has 0 fully saturated rings. The summed E-state index contributed by atoms with van der Waals surface area (Å²) in [4.78, 5) is 15.9. The molecular weight excluding hydrogens is 711 g/mol. The highest BCUT2D eigenvalue weighted by molar-refractivity contribution is 6.21. The van der Waals surface area contributed by atoms with E-state index >= 15 is 0 Å². The van der Waals surface area contributed by atoms with Gasteiger partial charge < -0.3 is 8.83 Å². The molecule has 0 N–H and O–H groups in total. The van der Waals surface area contributed by atoms with Crippen molar-refractivity contribution in [3.05, 3.63) is 188 Å². The summed E-state index contributed by atoms with van der Waals surface area (Å²) in [5, 5.41) is 8.66. The molecule has 3 heterocycles. The third kappa shape index (κ3) is 5.07. The molecule has 0 aliphatic heterocycles. The van der Waals surface area contributed by atoms with E-state index < -0.39 is 0 Å². The number of hydrogen-bond acceptors (Lipinski definition) is 5. The van der Waals surface area contributed by atoms with Gasteiger partial charge in [0, 0.05) is 38.2 Å². The van der Waals surface area contributed by atoms with Crippen LogP contribution in [0.15, 0.2) is 197 Å². The van der Waals surface area contributed by atoms with E-state index in [-0.39, 0.29) is 0 Å². The van der Waals surface area contributed by atoms with Gasteiger partial charge in [0.15, 0.2) is 17.5 Å². The average Bonchev–Trinajstić information content (AvgIpc) is 3.88. The van der Waals surface area contributed by atoms with Crippen LogP contribution in [0, 0.1) is 0 Å². The fourth-order valence-corrected chi connectivity index (χ4v) is 8.73. The molecule has 0 amide bonds. The Balaban J connectivity index is 1.10. The van der Waals surface area contributed by atoms with Crippen molar-refractivity contribution < 1.29 is 8.83 Å². The summed E-state index contributed by atoms with van der Waals surface area (Å²) in [5.41, 5.74) is 10.7. The van der Waals surface area contributed by atoms with Gasteiger partial charge in [-0.3, -0.25) is 0 Å². The van der Waals surface area contributed by atoms with Crippen molar-refractivity contribution in [3.63, 3.8) is 0 Å². The smallest absolute Gasteiger partial charge is 0.164 e. The molecule has 12 aromatic rings. The van der Waals surface area contributed by atoms with Crippen molar-refractivity contribution >= 4 is 65.4 Å². The third-order valence-electron chi connectivity index (χ3n) is 11.4. The van der Waals surface area contributed by atoms with Gasteiger partial charge in [0.1, 0.15) is 22.3 Å². The summed E-state index contributed by atoms with van der Waals surface area (Å²) in [6, 6.07) is 65.0. The van der Waals surface area contributed by atoms with Crippen LogP contribution in [0.1, 0.15) is 0 Å². The maximum atomic E-state index is 6.31. The Morgan fingerprint density at radius 2 is 0.724 bits per heavy atom. The lowest BCUT2D eigenvalue weighted by Gasteiger charge is -2.14. The highest BCUT2D eigenvalue weighted by Crippen LogP contribution is 2.42. The molecule has 12 rings (SSSR count). The molecule has 3 aromatic heterocycles. The SMILES string of the molecule is c1ccc(-c2cccc(-c3nc(-c4cccc5c(-c6cccc7oc8ccccc8c67)cccc45)nc(-c4cccc5c4ccc4oc6ccccc6c45)n3)c2)cc1. The Bertz CT molecular complexity index is 3580. The molecular formula is C53H31N3O2. The molecule has 0 bridgehead atoms. The number of aromatic nitrogens is 3. The van der Waals surface area contributed by atoms with Crippen LogP contribution < -0.4 is 0 Å². The summed E-state index contributed by atoms with van der Waals surface area (Å²) in [7, 11) is 0. The molecule has 5 nitrogen and oxygen atoms in total. The Hall–Kier alpha value is -7.89. The first kappa shape index (κ1) is 32.4. The van der Waals surface area contributed by atoms with E-state index in [1.54, 1.807) is 0 Å². The zero-order valence-corrected chi connectivity index (χ0v) is 31.1. The topological polar surface area (TPSA) is 65.0 Å². The largest absolute Gasteiger partial charge is 0.456 e. The quantitative estimate of drug-likeness (QED) is 0.176. The second-order valence-electron chi connectivity index (χ2n) is 14.7. The minimum atomic E-state index is 0.602. The van der Waals surface area contributed by atoms with Gasteiger partial charge in [0.2, 0.25) is 0 Å². The van der Waals surface area contributed by atoms with Gasteiger partial charge in [-0.25, -0.2) is 15.0 Å². The van der Waals surface area contributed by atoms with Crippen LogP contribution in [0.2, 0.25) is 0 Å². The first-order valence-electron chi connectivity index (χ1n) is 19.4. The van der Waals surface area contributed by atoms with Crippen molar-refractivity contribution in [2.75, 3.05) is 0 Å². The Labute approximate surface area is 332 Å². The first-order valence-corrected chi connectivity index (χ1v) is 19.4. The van der Waals surface area contributed by atoms with E-state index in [1.165, 1.54) is 0 Å². The monoisotopic (exact) mass is 741 g/mol. The van der Waals surface area contributed by atoms with Crippen molar-refractivity contribution in [1.82, 2.24) is 15.0 Å². The van der Waals surface area contributed by atoms with Crippen LogP contribution in [0.4, 0.5) is 0 Å². The molecule has 0 saturated heterocycles. The molecule has 5 heteroatoms. The fraction of sp³-hybridized carbons (Fsp3) is 0. The number of nitrogens with zero attached hydrogens (tertiary/aromatic N) is 3. The van der Waals surface area contributed by atoms with E-state index in [1.807, 2.05) is 36.4 Å². The maximum absolute atomic E-state index is 6.31. The zero-order chi connectivity index (χ0) is 38.2. The predicted octanol–water partition coefficient (Wildman–Crippen LogP) is 14.3. The first-order chi connectivity index (χ1) is 28.7. The molecule has 0 unspecified atom stereocenters. The van der Waals surface area contributed by atoms with Gasteiger partial charge in [-0.1, -0.05) is 152 Å². The zero-order valence-electron chi connectivity index (χ0n) is 31.1. The van der Waals surface area contributed by atoms with Crippen LogP contribution in [0.5, 0.6) is 0 Å². The number of benzene rings is 9. The van der Waals surface area contributed by atoms with E-state index in [4.69, 9.17) is 23.8 Å². The molecule has 9 aromatic carbocycles. The predicted molar refractivity (Wildman–Crippen MR) is 237 cm³/mol. The van der Waals surface area contributed by atoms with Crippen LogP contribution >= 0.6 is 0 Å². The van der Waals surface area contributed by atoms with Crippen molar-refractivity contribution in [3.8, 4) is 56.4 Å². The summed E-state index contributed by atoms with van der Waals surface area (Å²) < 4.78 is 12.6. The Kier molecular flexibility index (Phi) is 7.16. The van der Waals surface area contributed by atoms with Crippen LogP contribution in [-0.2, 0) is 0 Å². The molecule has 0 aliphatic rings. The molecule has 58 heavy (non-hydrogen) atoms. The average molecular weight is 742 g/mol. The summed E-state index contributed by atoms with van der Waals surface area (Å²) >= 11 is 0. The Morgan fingerprint density at radius 3 is 1.47 bits per heavy atom. The number of hydrogen-bond donors (Lipinski definition) is 0. The van der Waals surface area contributed by atoms with Crippen molar-refractivity contribution in [2.24, 2.45) is 0 Å². The van der Waals surface area contributed by atoms with E-state index in [9.17, 15) is 0 Å². The van der Waals surface area contributed by atoms with Crippen LogP contribution in [-0.4, -0.2) is 15.0 Å². The number of furan rings is 2. The van der Waals surface area contributed by atoms with Gasteiger partial charge in [-0.15, -0.1) is 0 Å². The minimum absolute atomic E-state index is 0.602. The van der Waals surface area contributed by atoms with Gasteiger partial charge in [0.05, 0.1) is 0 Å². The van der Waals surface area contributed by atoms with E-state index in [0.717, 1.165) is 104 Å². The number of para-hydroxylation sites is 2. The number of rotatable bonds is 5. The molecule has 270 valence electrons. The van der Waals surface area contributed by atoms with Crippen LogP contribution in [0.25, 0.3) is 122 Å².